The van der Waals surface area contributed by atoms with Gasteiger partial charge < -0.3 is 0 Å². The zero-order valence-corrected chi connectivity index (χ0v) is 20.2. The monoisotopic (exact) mass is 453 g/mol. The highest BCUT2D eigenvalue weighted by Gasteiger charge is 2.32. The largest absolute Gasteiger partial charge is 0.242 e. The molecule has 0 saturated heterocycles. The van der Waals surface area contributed by atoms with Crippen molar-refractivity contribution in [3.8, 4) is 0 Å². The van der Waals surface area contributed by atoms with Crippen molar-refractivity contribution in [2.75, 3.05) is 0 Å². The summed E-state index contributed by atoms with van der Waals surface area (Å²) in [6.45, 7) is 4.28. The van der Waals surface area contributed by atoms with Crippen LogP contribution in [0.5, 0.6) is 0 Å². The van der Waals surface area contributed by atoms with Gasteiger partial charge in [0, 0.05) is 10.1 Å². The Hall–Kier alpha value is -1.52. The summed E-state index contributed by atoms with van der Waals surface area (Å²) in [5, 5.41) is 3.83. The van der Waals surface area contributed by atoms with Crippen LogP contribution >= 0.6 is 23.5 Å². The molecule has 4 rings (SSSR count). The SMILES string of the molecule is Cc1ccc(N=C(/C=C/Sc2ccc(F)cc2)SC2CCC3CCCCC3C2)cc1C. The molecule has 2 fully saturated rings. The molecule has 2 aliphatic carbocycles. The van der Waals surface area contributed by atoms with E-state index in [9.17, 15) is 4.39 Å². The smallest absolute Gasteiger partial charge is 0.123 e. The molecular weight excluding hydrogens is 421 g/mol. The summed E-state index contributed by atoms with van der Waals surface area (Å²) in [6.07, 6.45) is 11.9. The van der Waals surface area contributed by atoms with Gasteiger partial charge in [0.1, 0.15) is 5.82 Å². The van der Waals surface area contributed by atoms with E-state index in [0.29, 0.717) is 5.25 Å². The molecule has 0 bridgehead atoms. The number of nitrogens with zero attached hydrogens (tertiary/aromatic N) is 1. The summed E-state index contributed by atoms with van der Waals surface area (Å²) in [7, 11) is 0. The third-order valence-corrected chi connectivity index (χ3v) is 8.78. The van der Waals surface area contributed by atoms with E-state index in [1.54, 1.807) is 11.8 Å². The summed E-state index contributed by atoms with van der Waals surface area (Å²) in [4.78, 5) is 6.06. The molecule has 0 spiro atoms. The van der Waals surface area contributed by atoms with Crippen LogP contribution in [-0.4, -0.2) is 10.3 Å². The highest BCUT2D eigenvalue weighted by atomic mass is 32.2. The number of benzene rings is 2. The average molecular weight is 454 g/mol. The van der Waals surface area contributed by atoms with Crippen LogP contribution in [0.1, 0.15) is 56.1 Å². The van der Waals surface area contributed by atoms with Crippen molar-refractivity contribution in [3.63, 3.8) is 0 Å². The van der Waals surface area contributed by atoms with Gasteiger partial charge in [-0.25, -0.2) is 9.38 Å². The predicted molar refractivity (Wildman–Crippen MR) is 135 cm³/mol. The molecule has 4 heteroatoms. The van der Waals surface area contributed by atoms with Gasteiger partial charge in [-0.1, -0.05) is 43.5 Å². The molecule has 3 unspecified atom stereocenters. The van der Waals surface area contributed by atoms with Gasteiger partial charge in [-0.15, -0.1) is 11.8 Å². The number of aliphatic imine (C=N–C) groups is 1. The highest BCUT2D eigenvalue weighted by molar-refractivity contribution is 8.15. The molecule has 0 aliphatic heterocycles. The van der Waals surface area contributed by atoms with Gasteiger partial charge in [0.2, 0.25) is 0 Å². The third-order valence-electron chi connectivity index (χ3n) is 6.74. The summed E-state index contributed by atoms with van der Waals surface area (Å²) in [5.41, 5.74) is 3.59. The Labute approximate surface area is 195 Å². The third kappa shape index (κ3) is 6.49. The number of hydrogen-bond acceptors (Lipinski definition) is 3. The molecule has 0 aromatic heterocycles. The van der Waals surface area contributed by atoms with E-state index in [0.717, 1.165) is 27.5 Å². The van der Waals surface area contributed by atoms with E-state index in [2.05, 4.69) is 43.5 Å². The number of fused-ring (bicyclic) bond motifs is 1. The number of halogens is 1. The van der Waals surface area contributed by atoms with Gasteiger partial charge in [-0.2, -0.15) is 0 Å². The van der Waals surface area contributed by atoms with Crippen LogP contribution in [0, 0.1) is 31.5 Å². The maximum atomic E-state index is 13.2. The molecule has 1 nitrogen and oxygen atoms in total. The van der Waals surface area contributed by atoms with Crippen LogP contribution in [-0.2, 0) is 0 Å². The molecule has 0 N–H and O–H groups in total. The van der Waals surface area contributed by atoms with Gasteiger partial charge in [-0.05, 0) is 104 Å². The van der Waals surface area contributed by atoms with Crippen LogP contribution in [0.3, 0.4) is 0 Å². The van der Waals surface area contributed by atoms with E-state index >= 15 is 0 Å². The summed E-state index contributed by atoms with van der Waals surface area (Å²) < 4.78 is 13.2. The molecule has 164 valence electrons. The summed E-state index contributed by atoms with van der Waals surface area (Å²) >= 11 is 3.57. The Morgan fingerprint density at radius 2 is 1.71 bits per heavy atom. The number of hydrogen-bond donors (Lipinski definition) is 0. The first-order valence-corrected chi connectivity index (χ1v) is 13.2. The minimum absolute atomic E-state index is 0.195. The number of thioether (sulfide) groups is 2. The lowest BCUT2D eigenvalue weighted by atomic mass is 9.71. The van der Waals surface area contributed by atoms with E-state index in [4.69, 9.17) is 4.99 Å². The van der Waals surface area contributed by atoms with Crippen LogP contribution < -0.4 is 0 Å². The first-order valence-electron chi connectivity index (χ1n) is 11.5. The van der Waals surface area contributed by atoms with Crippen molar-refractivity contribution in [3.05, 3.63) is 70.9 Å². The van der Waals surface area contributed by atoms with Gasteiger partial charge in [0.05, 0.1) is 10.7 Å². The minimum Gasteiger partial charge on any atom is -0.242 e. The fourth-order valence-electron chi connectivity index (χ4n) is 4.82. The normalized spacial score (nSPS) is 24.4. The van der Waals surface area contributed by atoms with Gasteiger partial charge in [-0.3, -0.25) is 0 Å². The fourth-order valence-corrected chi connectivity index (χ4v) is 6.79. The number of rotatable bonds is 5. The fraction of sp³-hybridized carbons (Fsp3) is 0.444. The molecule has 2 aliphatic rings. The molecule has 2 aromatic rings. The Morgan fingerprint density at radius 3 is 2.48 bits per heavy atom. The van der Waals surface area contributed by atoms with Crippen LogP contribution in [0.15, 0.2) is 63.8 Å². The second-order valence-electron chi connectivity index (χ2n) is 8.95. The quantitative estimate of drug-likeness (QED) is 0.254. The first kappa shape index (κ1) is 22.7. The minimum atomic E-state index is -0.195. The zero-order chi connectivity index (χ0) is 21.6. The molecular formula is C27H32FNS2. The Kier molecular flexibility index (Phi) is 7.95. The Morgan fingerprint density at radius 1 is 0.935 bits per heavy atom. The van der Waals surface area contributed by atoms with E-state index in [1.165, 1.54) is 68.2 Å². The van der Waals surface area contributed by atoms with Crippen LogP contribution in [0.4, 0.5) is 10.1 Å². The van der Waals surface area contributed by atoms with E-state index in [-0.39, 0.29) is 5.82 Å². The van der Waals surface area contributed by atoms with Crippen LogP contribution in [0.2, 0.25) is 0 Å². The van der Waals surface area contributed by atoms with E-state index in [1.807, 2.05) is 23.9 Å². The van der Waals surface area contributed by atoms with Gasteiger partial charge in [0.25, 0.3) is 0 Å². The predicted octanol–water partition coefficient (Wildman–Crippen LogP) is 8.87. The topological polar surface area (TPSA) is 12.4 Å². The van der Waals surface area contributed by atoms with Crippen molar-refractivity contribution in [2.45, 2.75) is 68.9 Å². The van der Waals surface area contributed by atoms with E-state index < -0.39 is 0 Å². The zero-order valence-electron chi connectivity index (χ0n) is 18.5. The maximum absolute atomic E-state index is 13.2. The highest BCUT2D eigenvalue weighted by Crippen LogP contribution is 2.44. The van der Waals surface area contributed by atoms with Gasteiger partial charge in [0.15, 0.2) is 0 Å². The lowest BCUT2D eigenvalue weighted by Gasteiger charge is -2.39. The van der Waals surface area contributed by atoms with Crippen LogP contribution in [0.25, 0.3) is 0 Å². The molecule has 2 aromatic carbocycles. The lowest BCUT2D eigenvalue weighted by Crippen LogP contribution is -2.29. The lowest BCUT2D eigenvalue weighted by molar-refractivity contribution is 0.175. The first-order chi connectivity index (χ1) is 15.1. The maximum Gasteiger partial charge on any atom is 0.123 e. The van der Waals surface area contributed by atoms with Crippen molar-refractivity contribution in [1.29, 1.82) is 0 Å². The van der Waals surface area contributed by atoms with Gasteiger partial charge >= 0.3 is 0 Å². The summed E-state index contributed by atoms with van der Waals surface area (Å²) in [5.74, 6) is 1.69. The van der Waals surface area contributed by atoms with Crippen molar-refractivity contribution < 1.29 is 4.39 Å². The molecule has 31 heavy (non-hydrogen) atoms. The summed E-state index contributed by atoms with van der Waals surface area (Å²) in [6, 6.07) is 13.1. The average Bonchev–Trinajstić information content (AvgIpc) is 2.77. The van der Waals surface area contributed by atoms with Crippen molar-refractivity contribution in [1.82, 2.24) is 0 Å². The van der Waals surface area contributed by atoms with Crippen molar-refractivity contribution >= 4 is 34.3 Å². The Balaban J connectivity index is 1.48. The molecule has 3 atom stereocenters. The molecule has 0 amide bonds. The number of aryl methyl sites for hydroxylation is 2. The van der Waals surface area contributed by atoms with Crippen molar-refractivity contribution in [2.24, 2.45) is 16.8 Å². The molecule has 0 radical (unpaired) electrons. The molecule has 2 saturated carbocycles. The Bertz CT molecular complexity index is 935. The molecule has 0 heterocycles. The second-order valence-corrected chi connectivity index (χ2v) is 11.3. The standard InChI is InChI=1S/C27H32FNS2/c1-19-7-11-24(17-20(19)2)29-27(15-16-30-25-13-9-23(28)10-14-25)31-26-12-8-21-5-3-4-6-22(21)18-26/h7,9-11,13-17,21-22,26H,3-6,8,12,18H2,1-2H3/b16-15+,29-27?. The second kappa shape index (κ2) is 10.9.